The molecule has 1 heterocycles. The summed E-state index contributed by atoms with van der Waals surface area (Å²) < 4.78 is 0. The van der Waals surface area contributed by atoms with Crippen LogP contribution < -0.4 is 10.6 Å². The van der Waals surface area contributed by atoms with Gasteiger partial charge in [0.25, 0.3) is 5.91 Å². The van der Waals surface area contributed by atoms with E-state index >= 15 is 0 Å². The Bertz CT molecular complexity index is 681. The van der Waals surface area contributed by atoms with Gasteiger partial charge in [0.2, 0.25) is 0 Å². The predicted octanol–water partition coefficient (Wildman–Crippen LogP) is 4.06. The fraction of sp³-hybridized carbons (Fsp3) is 0.368. The molecular weight excluding hydrogens is 322 g/mol. The van der Waals surface area contributed by atoms with E-state index in [9.17, 15) is 4.79 Å². The molecule has 1 fully saturated rings. The third-order valence-electron chi connectivity index (χ3n) is 4.34. The zero-order valence-corrected chi connectivity index (χ0v) is 14.4. The molecule has 1 saturated carbocycles. The summed E-state index contributed by atoms with van der Waals surface area (Å²) in [5.74, 6) is -0.0803. The van der Waals surface area contributed by atoms with Crippen molar-refractivity contribution in [2.45, 2.75) is 38.1 Å². The molecule has 4 nitrogen and oxygen atoms in total. The van der Waals surface area contributed by atoms with E-state index in [1.807, 2.05) is 36.4 Å². The van der Waals surface area contributed by atoms with Gasteiger partial charge in [0.05, 0.1) is 0 Å². The number of amides is 1. The smallest absolute Gasteiger partial charge is 0.270 e. The standard InChI is InChI=1S/C19H22ClN3O/c20-15-7-5-14(6-8-15)9-11-21-17-10-12-22-18(13-17)19(24)23-16-3-1-2-4-16/h5-8,10,12-13,16H,1-4,9,11H2,(H,21,22)(H,23,24). The molecule has 2 N–H and O–H groups in total. The highest BCUT2D eigenvalue weighted by atomic mass is 35.5. The molecule has 5 heteroatoms. The second-order valence-corrected chi connectivity index (χ2v) is 6.62. The van der Waals surface area contributed by atoms with Crippen molar-refractivity contribution in [2.24, 2.45) is 0 Å². The first-order valence-electron chi connectivity index (χ1n) is 8.46. The van der Waals surface area contributed by atoms with Gasteiger partial charge in [0, 0.05) is 29.5 Å². The van der Waals surface area contributed by atoms with Gasteiger partial charge < -0.3 is 10.6 Å². The molecule has 0 saturated heterocycles. The molecule has 1 aromatic heterocycles. The summed E-state index contributed by atoms with van der Waals surface area (Å²) >= 11 is 5.89. The summed E-state index contributed by atoms with van der Waals surface area (Å²) in [5.41, 5.74) is 2.61. The van der Waals surface area contributed by atoms with Gasteiger partial charge in [0.1, 0.15) is 5.69 Å². The van der Waals surface area contributed by atoms with Gasteiger partial charge >= 0.3 is 0 Å². The molecule has 1 aromatic carbocycles. The summed E-state index contributed by atoms with van der Waals surface area (Å²) in [6, 6.07) is 11.8. The van der Waals surface area contributed by atoms with Crippen molar-refractivity contribution < 1.29 is 4.79 Å². The van der Waals surface area contributed by atoms with Crippen LogP contribution in [0.25, 0.3) is 0 Å². The number of benzene rings is 1. The van der Waals surface area contributed by atoms with Crippen LogP contribution in [0.5, 0.6) is 0 Å². The van der Waals surface area contributed by atoms with Crippen molar-refractivity contribution >= 4 is 23.2 Å². The minimum Gasteiger partial charge on any atom is -0.385 e. The summed E-state index contributed by atoms with van der Waals surface area (Å²) in [7, 11) is 0. The molecule has 1 amide bonds. The first-order valence-corrected chi connectivity index (χ1v) is 8.84. The largest absolute Gasteiger partial charge is 0.385 e. The van der Waals surface area contributed by atoms with Crippen LogP contribution in [0.1, 0.15) is 41.7 Å². The number of rotatable bonds is 6. The lowest BCUT2D eigenvalue weighted by Gasteiger charge is -2.12. The van der Waals surface area contributed by atoms with E-state index in [1.165, 1.54) is 18.4 Å². The zero-order valence-electron chi connectivity index (χ0n) is 13.6. The molecule has 2 aromatic rings. The van der Waals surface area contributed by atoms with E-state index in [0.29, 0.717) is 11.7 Å². The van der Waals surface area contributed by atoms with E-state index < -0.39 is 0 Å². The number of carbonyl (C=O) groups excluding carboxylic acids is 1. The predicted molar refractivity (Wildman–Crippen MR) is 97.6 cm³/mol. The number of hydrogen-bond acceptors (Lipinski definition) is 3. The molecular formula is C19H22ClN3O. The molecule has 0 unspecified atom stereocenters. The molecule has 0 aliphatic heterocycles. The van der Waals surface area contributed by atoms with Crippen molar-refractivity contribution in [3.05, 3.63) is 58.9 Å². The molecule has 3 rings (SSSR count). The highest BCUT2D eigenvalue weighted by molar-refractivity contribution is 6.30. The number of aromatic nitrogens is 1. The third kappa shape index (κ3) is 4.71. The molecule has 0 radical (unpaired) electrons. The molecule has 1 aliphatic rings. The number of pyridine rings is 1. The van der Waals surface area contributed by atoms with Crippen LogP contribution in [-0.4, -0.2) is 23.5 Å². The SMILES string of the molecule is O=C(NC1CCCC1)c1cc(NCCc2ccc(Cl)cc2)ccn1. The fourth-order valence-electron chi connectivity index (χ4n) is 3.00. The number of hydrogen-bond donors (Lipinski definition) is 2. The number of nitrogens with zero attached hydrogens (tertiary/aromatic N) is 1. The zero-order chi connectivity index (χ0) is 16.8. The van der Waals surface area contributed by atoms with Crippen molar-refractivity contribution in [3.63, 3.8) is 0 Å². The number of nitrogens with one attached hydrogen (secondary N) is 2. The summed E-state index contributed by atoms with van der Waals surface area (Å²) in [6.07, 6.45) is 7.11. The van der Waals surface area contributed by atoms with Crippen LogP contribution in [0.4, 0.5) is 5.69 Å². The molecule has 0 spiro atoms. The minimum atomic E-state index is -0.0803. The van der Waals surface area contributed by atoms with Gasteiger partial charge in [0.15, 0.2) is 0 Å². The Morgan fingerprint density at radius 3 is 2.67 bits per heavy atom. The number of anilines is 1. The van der Waals surface area contributed by atoms with Gasteiger partial charge in [-0.05, 0) is 49.1 Å². The molecule has 24 heavy (non-hydrogen) atoms. The number of halogens is 1. The van der Waals surface area contributed by atoms with E-state index in [-0.39, 0.29) is 5.91 Å². The monoisotopic (exact) mass is 343 g/mol. The Hall–Kier alpha value is -2.07. The Balaban J connectivity index is 1.52. The number of carbonyl (C=O) groups is 1. The lowest BCUT2D eigenvalue weighted by molar-refractivity contribution is 0.0933. The van der Waals surface area contributed by atoms with Crippen LogP contribution in [0.3, 0.4) is 0 Å². The van der Waals surface area contributed by atoms with Crippen LogP contribution in [0.15, 0.2) is 42.6 Å². The normalized spacial score (nSPS) is 14.5. The first kappa shape index (κ1) is 16.8. The molecule has 0 bridgehead atoms. The maximum atomic E-state index is 12.3. The highest BCUT2D eigenvalue weighted by Crippen LogP contribution is 2.18. The first-order chi connectivity index (χ1) is 11.7. The lowest BCUT2D eigenvalue weighted by Crippen LogP contribution is -2.33. The molecule has 1 aliphatic carbocycles. The average molecular weight is 344 g/mol. The quantitative estimate of drug-likeness (QED) is 0.831. The Kier molecular flexibility index (Phi) is 5.70. The van der Waals surface area contributed by atoms with Gasteiger partial charge in [-0.2, -0.15) is 0 Å². The van der Waals surface area contributed by atoms with Gasteiger partial charge in [-0.25, -0.2) is 0 Å². The van der Waals surface area contributed by atoms with Crippen LogP contribution in [0.2, 0.25) is 5.02 Å². The van der Waals surface area contributed by atoms with Crippen molar-refractivity contribution in [1.29, 1.82) is 0 Å². The maximum absolute atomic E-state index is 12.3. The average Bonchev–Trinajstić information content (AvgIpc) is 3.10. The van der Waals surface area contributed by atoms with E-state index in [0.717, 1.165) is 36.5 Å². The Labute approximate surface area is 147 Å². The molecule has 0 atom stereocenters. The van der Waals surface area contributed by atoms with Gasteiger partial charge in [-0.3, -0.25) is 9.78 Å². The lowest BCUT2D eigenvalue weighted by atomic mass is 10.1. The van der Waals surface area contributed by atoms with Crippen molar-refractivity contribution in [3.8, 4) is 0 Å². The Morgan fingerprint density at radius 2 is 1.92 bits per heavy atom. The van der Waals surface area contributed by atoms with Crippen molar-refractivity contribution in [2.75, 3.05) is 11.9 Å². The topological polar surface area (TPSA) is 54.0 Å². The summed E-state index contributed by atoms with van der Waals surface area (Å²) in [4.78, 5) is 16.5. The van der Waals surface area contributed by atoms with Crippen molar-refractivity contribution in [1.82, 2.24) is 10.3 Å². The summed E-state index contributed by atoms with van der Waals surface area (Å²) in [5, 5.41) is 7.16. The summed E-state index contributed by atoms with van der Waals surface area (Å²) in [6.45, 7) is 0.787. The van der Waals surface area contributed by atoms with E-state index in [2.05, 4.69) is 15.6 Å². The second-order valence-electron chi connectivity index (χ2n) is 6.19. The van der Waals surface area contributed by atoms with Gasteiger partial charge in [-0.15, -0.1) is 0 Å². The minimum absolute atomic E-state index is 0.0803. The van der Waals surface area contributed by atoms with Crippen LogP contribution >= 0.6 is 11.6 Å². The van der Waals surface area contributed by atoms with E-state index in [1.54, 1.807) is 6.20 Å². The maximum Gasteiger partial charge on any atom is 0.270 e. The Morgan fingerprint density at radius 1 is 1.17 bits per heavy atom. The third-order valence-corrected chi connectivity index (χ3v) is 4.59. The second kappa shape index (κ2) is 8.15. The fourth-order valence-corrected chi connectivity index (χ4v) is 3.12. The van der Waals surface area contributed by atoms with Crippen LogP contribution in [-0.2, 0) is 6.42 Å². The highest BCUT2D eigenvalue weighted by Gasteiger charge is 2.18. The van der Waals surface area contributed by atoms with E-state index in [4.69, 9.17) is 11.6 Å². The molecule has 126 valence electrons. The van der Waals surface area contributed by atoms with Crippen LogP contribution in [0, 0.1) is 0 Å². The van der Waals surface area contributed by atoms with Gasteiger partial charge in [-0.1, -0.05) is 36.6 Å².